The number of rotatable bonds is 6. The van der Waals surface area contributed by atoms with Crippen molar-refractivity contribution in [1.82, 2.24) is 4.31 Å². The molecule has 2 unspecified atom stereocenters. The quantitative estimate of drug-likeness (QED) is 0.698. The van der Waals surface area contributed by atoms with E-state index in [0.717, 1.165) is 6.42 Å². The summed E-state index contributed by atoms with van der Waals surface area (Å²) in [7, 11) is -3.43. The molecule has 0 saturated heterocycles. The lowest BCUT2D eigenvalue weighted by Crippen LogP contribution is -2.39. The van der Waals surface area contributed by atoms with Gasteiger partial charge in [0, 0.05) is 13.1 Å². The van der Waals surface area contributed by atoms with E-state index >= 15 is 0 Å². The summed E-state index contributed by atoms with van der Waals surface area (Å²) in [5, 5.41) is 7.69. The van der Waals surface area contributed by atoms with Crippen LogP contribution in [0.3, 0.4) is 0 Å². The molecule has 0 aromatic rings. The lowest BCUT2D eigenvalue weighted by molar-refractivity contribution is 0.360. The Bertz CT molecular complexity index is 319. The molecule has 0 N–H and O–H groups in total. The van der Waals surface area contributed by atoms with E-state index in [4.69, 9.17) is 5.26 Å². The third-order valence-corrected chi connectivity index (χ3v) is 4.68. The molecule has 0 amide bonds. The van der Waals surface area contributed by atoms with Crippen LogP contribution in [-0.4, -0.2) is 31.1 Å². The van der Waals surface area contributed by atoms with E-state index in [1.165, 1.54) is 11.2 Å². The standard InChI is InChI=1S/C10H20N2O2S/c1-5-9(3)8-12(6-2)15(13,14)10(4)7-11/h9-10H,5-6,8H2,1-4H3. The molecule has 0 aliphatic rings. The van der Waals surface area contributed by atoms with Crippen molar-refractivity contribution >= 4 is 10.0 Å². The van der Waals surface area contributed by atoms with Crippen LogP contribution in [0.4, 0.5) is 0 Å². The van der Waals surface area contributed by atoms with Crippen LogP contribution in [0.5, 0.6) is 0 Å². The first-order valence-corrected chi connectivity index (χ1v) is 6.78. The molecule has 2 atom stereocenters. The zero-order valence-electron chi connectivity index (χ0n) is 9.90. The van der Waals surface area contributed by atoms with Crippen molar-refractivity contribution in [2.75, 3.05) is 13.1 Å². The summed E-state index contributed by atoms with van der Waals surface area (Å²) >= 11 is 0. The molecule has 0 aromatic heterocycles. The van der Waals surface area contributed by atoms with E-state index in [0.29, 0.717) is 19.0 Å². The minimum atomic E-state index is -3.43. The number of nitrogens with zero attached hydrogens (tertiary/aromatic N) is 2. The molecule has 0 rings (SSSR count). The highest BCUT2D eigenvalue weighted by Crippen LogP contribution is 2.12. The van der Waals surface area contributed by atoms with E-state index in [1.807, 2.05) is 13.8 Å². The summed E-state index contributed by atoms with van der Waals surface area (Å²) in [6, 6.07) is 1.78. The number of sulfonamides is 1. The first-order valence-electron chi connectivity index (χ1n) is 5.28. The van der Waals surface area contributed by atoms with E-state index < -0.39 is 15.3 Å². The van der Waals surface area contributed by atoms with Gasteiger partial charge in [0.15, 0.2) is 5.25 Å². The highest BCUT2D eigenvalue weighted by molar-refractivity contribution is 7.89. The molecule has 0 saturated carbocycles. The van der Waals surface area contributed by atoms with E-state index in [2.05, 4.69) is 0 Å². The van der Waals surface area contributed by atoms with Gasteiger partial charge in [0.05, 0.1) is 6.07 Å². The molecule has 88 valence electrons. The molecule has 0 heterocycles. The highest BCUT2D eigenvalue weighted by Gasteiger charge is 2.28. The summed E-state index contributed by atoms with van der Waals surface area (Å²) in [5.41, 5.74) is 0. The van der Waals surface area contributed by atoms with Crippen LogP contribution < -0.4 is 0 Å². The molecule has 0 bridgehead atoms. The van der Waals surface area contributed by atoms with Gasteiger partial charge in [0.25, 0.3) is 0 Å². The Morgan fingerprint density at radius 2 is 1.87 bits per heavy atom. The van der Waals surface area contributed by atoms with Crippen LogP contribution in [0.2, 0.25) is 0 Å². The number of hydrogen-bond donors (Lipinski definition) is 0. The van der Waals surface area contributed by atoms with Crippen molar-refractivity contribution in [2.45, 2.75) is 39.4 Å². The number of hydrogen-bond acceptors (Lipinski definition) is 3. The molecule has 0 fully saturated rings. The van der Waals surface area contributed by atoms with E-state index in [1.54, 1.807) is 13.0 Å². The third-order valence-electron chi connectivity index (χ3n) is 2.55. The van der Waals surface area contributed by atoms with Crippen LogP contribution in [-0.2, 0) is 10.0 Å². The maximum absolute atomic E-state index is 11.8. The summed E-state index contributed by atoms with van der Waals surface area (Å²) in [4.78, 5) is 0. The SMILES string of the molecule is CCC(C)CN(CC)S(=O)(=O)C(C)C#N. The highest BCUT2D eigenvalue weighted by atomic mass is 32.2. The Morgan fingerprint density at radius 3 is 2.20 bits per heavy atom. The van der Waals surface area contributed by atoms with E-state index in [9.17, 15) is 8.42 Å². The summed E-state index contributed by atoms with van der Waals surface area (Å²) < 4.78 is 25.1. The van der Waals surface area contributed by atoms with Gasteiger partial charge >= 0.3 is 0 Å². The predicted molar refractivity (Wildman–Crippen MR) is 60.7 cm³/mol. The average molecular weight is 232 g/mol. The second-order valence-electron chi connectivity index (χ2n) is 3.78. The lowest BCUT2D eigenvalue weighted by atomic mass is 10.1. The van der Waals surface area contributed by atoms with Gasteiger partial charge < -0.3 is 0 Å². The Morgan fingerprint density at radius 1 is 1.33 bits per heavy atom. The molecule has 0 aromatic carbocycles. The van der Waals surface area contributed by atoms with Crippen molar-refractivity contribution in [3.8, 4) is 6.07 Å². The van der Waals surface area contributed by atoms with Gasteiger partial charge in [-0.2, -0.15) is 5.26 Å². The van der Waals surface area contributed by atoms with Gasteiger partial charge in [-0.25, -0.2) is 12.7 Å². The molecule has 0 aliphatic heterocycles. The third kappa shape index (κ3) is 3.80. The molecule has 0 spiro atoms. The minimum Gasteiger partial charge on any atom is -0.211 e. The van der Waals surface area contributed by atoms with Crippen molar-refractivity contribution in [2.24, 2.45) is 5.92 Å². The maximum Gasteiger partial charge on any atom is 0.230 e. The van der Waals surface area contributed by atoms with Crippen LogP contribution in [0.15, 0.2) is 0 Å². The van der Waals surface area contributed by atoms with Gasteiger partial charge in [0.2, 0.25) is 10.0 Å². The first-order chi connectivity index (χ1) is 6.89. The second-order valence-corrected chi connectivity index (χ2v) is 6.03. The topological polar surface area (TPSA) is 61.2 Å². The van der Waals surface area contributed by atoms with E-state index in [-0.39, 0.29) is 0 Å². The monoisotopic (exact) mass is 232 g/mol. The molecule has 15 heavy (non-hydrogen) atoms. The predicted octanol–water partition coefficient (Wildman–Crippen LogP) is 1.60. The van der Waals surface area contributed by atoms with Crippen LogP contribution in [0, 0.1) is 17.2 Å². The zero-order valence-corrected chi connectivity index (χ0v) is 10.7. The largest absolute Gasteiger partial charge is 0.230 e. The van der Waals surface area contributed by atoms with Crippen LogP contribution in [0.1, 0.15) is 34.1 Å². The van der Waals surface area contributed by atoms with Crippen molar-refractivity contribution < 1.29 is 8.42 Å². The first kappa shape index (κ1) is 14.4. The average Bonchev–Trinajstić information content (AvgIpc) is 2.23. The fourth-order valence-corrected chi connectivity index (χ4v) is 2.58. The molecule has 0 aliphatic carbocycles. The summed E-state index contributed by atoms with van der Waals surface area (Å²) in [5.74, 6) is 0.325. The fraction of sp³-hybridized carbons (Fsp3) is 0.900. The number of nitriles is 1. The van der Waals surface area contributed by atoms with Gasteiger partial charge in [-0.1, -0.05) is 27.2 Å². The second kappa shape index (κ2) is 6.09. The van der Waals surface area contributed by atoms with Gasteiger partial charge in [0.1, 0.15) is 0 Å². The Kier molecular flexibility index (Phi) is 5.84. The van der Waals surface area contributed by atoms with Gasteiger partial charge in [-0.3, -0.25) is 0 Å². The normalized spacial score (nSPS) is 16.0. The summed E-state index contributed by atoms with van der Waals surface area (Å²) in [6.07, 6.45) is 0.937. The molecular weight excluding hydrogens is 212 g/mol. The zero-order chi connectivity index (χ0) is 12.1. The Labute approximate surface area is 92.9 Å². The molecular formula is C10H20N2O2S. The molecule has 0 radical (unpaired) electrons. The Balaban J connectivity index is 4.76. The molecule has 5 heteroatoms. The van der Waals surface area contributed by atoms with Crippen molar-refractivity contribution in [3.05, 3.63) is 0 Å². The fourth-order valence-electron chi connectivity index (χ4n) is 1.18. The minimum absolute atomic E-state index is 0.325. The smallest absolute Gasteiger partial charge is 0.211 e. The van der Waals surface area contributed by atoms with Crippen molar-refractivity contribution in [1.29, 1.82) is 5.26 Å². The molecule has 4 nitrogen and oxygen atoms in total. The van der Waals surface area contributed by atoms with Crippen LogP contribution in [0.25, 0.3) is 0 Å². The Hall–Kier alpha value is -0.600. The van der Waals surface area contributed by atoms with Gasteiger partial charge in [-0.15, -0.1) is 0 Å². The van der Waals surface area contributed by atoms with Crippen molar-refractivity contribution in [3.63, 3.8) is 0 Å². The van der Waals surface area contributed by atoms with Crippen LogP contribution >= 0.6 is 0 Å². The summed E-state index contributed by atoms with van der Waals surface area (Å²) in [6.45, 7) is 8.19. The lowest BCUT2D eigenvalue weighted by Gasteiger charge is -2.24. The maximum atomic E-state index is 11.8. The van der Waals surface area contributed by atoms with Gasteiger partial charge in [-0.05, 0) is 12.8 Å².